The van der Waals surface area contributed by atoms with Crippen LogP contribution in [0.25, 0.3) is 0 Å². The van der Waals surface area contributed by atoms with E-state index in [1.165, 1.54) is 28.4 Å². The summed E-state index contributed by atoms with van der Waals surface area (Å²) in [6.45, 7) is -8.19. The molecule has 120 heavy (non-hydrogen) atoms. The number of piperidine rings is 4. The maximum Gasteiger partial charge on any atom is 0.323 e. The third-order valence-corrected chi connectivity index (χ3v) is 23.9. The van der Waals surface area contributed by atoms with E-state index in [9.17, 15) is 20.5 Å². The van der Waals surface area contributed by atoms with E-state index in [1.807, 2.05) is 79.7 Å². The number of hydrogen-bond donors (Lipinski definition) is 4. The number of ether oxygens (including phenoxy) is 12. The minimum atomic E-state index is -3.70. The molecule has 4 saturated heterocycles. The summed E-state index contributed by atoms with van der Waals surface area (Å²) in [4.78, 5) is 62.2. The molecule has 672 valence electrons. The number of nitrogens with zero attached hydrogens (tertiary/aromatic N) is 4. The minimum Gasteiger partial charge on any atom is -0.493 e. The van der Waals surface area contributed by atoms with E-state index in [4.69, 9.17) is 132 Å². The van der Waals surface area contributed by atoms with Crippen molar-refractivity contribution in [1.29, 1.82) is 0 Å². The van der Waals surface area contributed by atoms with Crippen molar-refractivity contribution in [2.75, 3.05) is 109 Å². The predicted octanol–water partition coefficient (Wildman–Crippen LogP) is 14.3. The predicted molar refractivity (Wildman–Crippen MR) is 471 cm³/mol. The van der Waals surface area contributed by atoms with Crippen molar-refractivity contribution in [3.63, 3.8) is 0 Å². The molecule has 0 aliphatic carbocycles. The van der Waals surface area contributed by atoms with Gasteiger partial charge >= 0.3 is 23.9 Å². The van der Waals surface area contributed by atoms with E-state index < -0.39 is 171 Å². The van der Waals surface area contributed by atoms with Gasteiger partial charge in [0.2, 0.25) is 0 Å². The minimum absolute atomic E-state index is 0.0405. The van der Waals surface area contributed by atoms with Crippen LogP contribution in [0.15, 0.2) is 48.5 Å². The fraction of sp³-hybridized carbons (Fsp3) is 0.708. The van der Waals surface area contributed by atoms with Crippen molar-refractivity contribution in [2.24, 2.45) is 93.9 Å². The van der Waals surface area contributed by atoms with E-state index in [0.717, 1.165) is 63.9 Å². The van der Waals surface area contributed by atoms with Gasteiger partial charge in [0, 0.05) is 164 Å². The quantitative estimate of drug-likeness (QED) is 0.0303. The first-order chi connectivity index (χ1) is 72.2. The highest BCUT2D eigenvalue weighted by atomic mass is 16.6. The van der Waals surface area contributed by atoms with Crippen molar-refractivity contribution in [1.82, 2.24) is 19.6 Å². The lowest BCUT2D eigenvalue weighted by Gasteiger charge is -2.47. The van der Waals surface area contributed by atoms with Crippen LogP contribution in [0.2, 0.25) is 0 Å². The Morgan fingerprint density at radius 1 is 0.350 bits per heavy atom. The Morgan fingerprint density at radius 3 is 0.817 bits per heavy atom. The number of methoxy groups -OCH3 is 8. The summed E-state index contributed by atoms with van der Waals surface area (Å²) in [6.07, 6.45) is 1.33. The molecule has 8 N–H and O–H groups in total. The third-order valence-electron chi connectivity index (χ3n) is 23.9. The highest BCUT2D eigenvalue weighted by molar-refractivity contribution is 5.77. The normalized spacial score (nSPS) is 32.8. The van der Waals surface area contributed by atoms with Gasteiger partial charge in [-0.15, -0.1) is 0 Å². The van der Waals surface area contributed by atoms with Gasteiger partial charge in [-0.2, -0.15) is 0 Å². The largest absolute Gasteiger partial charge is 0.493 e. The molecule has 0 saturated carbocycles. The summed E-state index contributed by atoms with van der Waals surface area (Å²) in [5, 5.41) is 0. The van der Waals surface area contributed by atoms with E-state index in [-0.39, 0.29) is 108 Å². The zero-order chi connectivity index (χ0) is 121. The monoisotopic (exact) mass is 1710 g/mol. The number of nitrogens with two attached hydrogens (primary N) is 4. The van der Waals surface area contributed by atoms with Gasteiger partial charge in [0.05, 0.1) is 71.8 Å². The molecule has 0 amide bonds. The molecular weight excluding hydrogens is 1520 g/mol. The number of benzene rings is 4. The van der Waals surface area contributed by atoms with Gasteiger partial charge in [0.15, 0.2) is 46.0 Å². The van der Waals surface area contributed by atoms with E-state index in [0.29, 0.717) is 114 Å². The number of carbonyl (C=O) groups excluding carboxylic acids is 4. The molecule has 0 spiro atoms. The highest BCUT2D eigenvalue weighted by Gasteiger charge is 2.47. The van der Waals surface area contributed by atoms with E-state index >= 15 is 0 Å². The van der Waals surface area contributed by atoms with Gasteiger partial charge in [0.1, 0.15) is 48.5 Å². The Morgan fingerprint density at radius 2 is 0.575 bits per heavy atom. The Bertz CT molecular complexity index is 5460. The van der Waals surface area contributed by atoms with Crippen LogP contribution in [-0.4, -0.2) is 201 Å². The van der Waals surface area contributed by atoms with E-state index in [1.54, 1.807) is 38.5 Å². The zero-order valence-electron chi connectivity index (χ0n) is 111. The summed E-state index contributed by atoms with van der Waals surface area (Å²) >= 11 is 0. The molecule has 8 heterocycles. The second-order valence-electron chi connectivity index (χ2n) is 33.7. The van der Waals surface area contributed by atoms with Gasteiger partial charge in [0.25, 0.3) is 0 Å². The smallest absolute Gasteiger partial charge is 0.323 e. The van der Waals surface area contributed by atoms with Crippen LogP contribution in [0.3, 0.4) is 0 Å². The standard InChI is InChI=1S/4C24H38N2O4/c4*1-14(2)9-17-13-26-8-7-16-10-21(28-5)22(29-6)11-18(16)19(26)12-20(17)30-24(27)23(25)15(3)4/h4*10-11,14-15,17,19-20,23H,7-9,12-13,25H2,1-6H3/t4*17?,19?,20?,23-/m0000/s1/i3D3,4D3,15D,20D,23D;2*3D3,4D3,5D3,15D,23D;3D3,4D3,15D,23D. The molecule has 24 nitrogen and oxygen atoms in total. The maximum absolute atomic E-state index is 13.4. The van der Waals surface area contributed by atoms with Crippen LogP contribution in [-0.2, 0) is 63.8 Å². The molecule has 12 rings (SSSR count). The first-order valence-electron chi connectivity index (χ1n) is 60.5. The average Bonchev–Trinajstić information content (AvgIpc) is 0.728. The van der Waals surface area contributed by atoms with Crippen molar-refractivity contribution in [2.45, 2.75) is 260 Å². The van der Waals surface area contributed by atoms with Crippen LogP contribution in [0.5, 0.6) is 46.0 Å². The fourth-order valence-electron chi connectivity index (χ4n) is 18.4. The molecular formula is C96H152N8O16. The number of rotatable bonds is 28. The SMILES string of the molecule is [2H]C([2H])([2H])C([2H])(C([2H])([2H])[2H])[C@]([2H])(N)C(=O)OC1CC2c3cc(OC)c(OC)cc3CCN2CC1CC(C)C.[2H]C([2H])([2H])Oc1cc2c(cc1OC)C1CC(OC(=O)[C@@]([2H])(N)C([2H])(C([2H])([2H])[2H])C([2H])([2H])[2H])C(CC(C)C)CN1CC2.[2H]C([2H])([2H])Oc1cc2c(cc1OC)C1CC(OC(=O)[C@@]([2H])(N)C([2H])(C([2H])([2H])[2H])C([2H])([2H])[2H])C(CC(C)C)CN1CC2.[2H]C1(OC(=O)[C@@]([2H])(N)C([2H])(C([2H])([2H])[2H])C([2H])([2H])[2H])CC2c3cc(OC)c(OC)cc3CCN2CC1CC(C)C. The van der Waals surface area contributed by atoms with Gasteiger partial charge in [-0.25, -0.2) is 0 Å². The molecule has 8 aliphatic heterocycles. The molecule has 4 fully saturated rings. The summed E-state index contributed by atoms with van der Waals surface area (Å²) in [7, 11) is 3.57. The summed E-state index contributed by atoms with van der Waals surface area (Å²) < 4.78 is 370. The average molecular weight is 1710 g/mol. The molecule has 4 aromatic rings. The van der Waals surface area contributed by atoms with Crippen molar-refractivity contribution in [3.8, 4) is 46.0 Å². The first-order valence-corrected chi connectivity index (χ1v) is 41.0. The topological polar surface area (TPSA) is 296 Å². The third kappa shape index (κ3) is 23.8. The number of hydrogen-bond acceptors (Lipinski definition) is 24. The molecule has 12 unspecified atom stereocenters. The fourth-order valence-corrected chi connectivity index (χ4v) is 18.4. The number of fused-ring (bicyclic) bond motifs is 12. The van der Waals surface area contributed by atoms with E-state index in [2.05, 4.69) is 19.6 Å². The lowest BCUT2D eigenvalue weighted by molar-refractivity contribution is -0.161. The molecule has 0 radical (unpaired) electrons. The van der Waals surface area contributed by atoms with Crippen molar-refractivity contribution in [3.05, 3.63) is 93.0 Å². The summed E-state index contributed by atoms with van der Waals surface area (Å²) in [5.41, 5.74) is 30.3. The molecule has 0 bridgehead atoms. The molecule has 0 aromatic heterocycles. The lowest BCUT2D eigenvalue weighted by atomic mass is 9.79. The van der Waals surface area contributed by atoms with Crippen LogP contribution >= 0.6 is 0 Å². The van der Waals surface area contributed by atoms with Crippen LogP contribution in [0, 0.1) is 70.9 Å². The molecule has 8 aliphatic rings. The first kappa shape index (κ1) is 55.2. The Hall–Kier alpha value is -7.16. The van der Waals surface area contributed by atoms with Gasteiger partial charge in [-0.05, 0) is 192 Å². The second kappa shape index (κ2) is 43.9. The Balaban J connectivity index is 0.000000234. The number of esters is 4. The van der Waals surface area contributed by atoms with Crippen LogP contribution in [0.1, 0.15) is 284 Å². The number of carbonyl (C=O) groups is 4. The second-order valence-corrected chi connectivity index (χ2v) is 33.7. The summed E-state index contributed by atoms with van der Waals surface area (Å²) in [6, 6.07) is -0.789. The summed E-state index contributed by atoms with van der Waals surface area (Å²) in [5.74, 6) is -18.7. The van der Waals surface area contributed by atoms with Crippen molar-refractivity contribution >= 4 is 23.9 Å². The Labute approximate surface area is 773 Å². The van der Waals surface area contributed by atoms with Gasteiger partial charge in [-0.1, -0.05) is 110 Å². The molecule has 24 heteroatoms. The van der Waals surface area contributed by atoms with Crippen LogP contribution in [0.4, 0.5) is 0 Å². The Kier molecular flexibility index (Phi) is 20.2. The maximum atomic E-state index is 13.4. The molecule has 16 atom stereocenters. The van der Waals surface area contributed by atoms with Crippen molar-refractivity contribution < 1.29 is 129 Å². The highest BCUT2D eigenvalue weighted by Crippen LogP contribution is 2.50. The molecule has 4 aromatic carbocycles. The lowest BCUT2D eigenvalue weighted by Crippen LogP contribution is -2.51. The van der Waals surface area contributed by atoms with Gasteiger partial charge < -0.3 is 79.8 Å². The zero-order valence-corrected chi connectivity index (χ0v) is 71.6. The van der Waals surface area contributed by atoms with Crippen LogP contribution < -0.4 is 60.8 Å². The van der Waals surface area contributed by atoms with Gasteiger partial charge in [-0.3, -0.25) is 38.8 Å².